The molecular formula is C14H13BrFNO. The Bertz CT molecular complexity index is 543. The van der Waals surface area contributed by atoms with Gasteiger partial charge in [0.25, 0.3) is 0 Å². The molecule has 0 radical (unpaired) electrons. The van der Waals surface area contributed by atoms with Crippen LogP contribution in [0.15, 0.2) is 47.2 Å². The number of hydrogen-bond donors (Lipinski definition) is 1. The van der Waals surface area contributed by atoms with E-state index < -0.39 is 5.60 Å². The largest absolute Gasteiger partial charge is 0.385 e. The Morgan fingerprint density at radius 2 is 2.17 bits per heavy atom. The highest BCUT2D eigenvalue weighted by Gasteiger charge is 2.23. The highest BCUT2D eigenvalue weighted by molar-refractivity contribution is 9.10. The van der Waals surface area contributed by atoms with Crippen molar-refractivity contribution in [1.29, 1.82) is 0 Å². The number of benzene rings is 1. The molecule has 0 spiro atoms. The summed E-state index contributed by atoms with van der Waals surface area (Å²) in [6.07, 6.45) is 3.70. The van der Waals surface area contributed by atoms with Gasteiger partial charge in [-0.05, 0) is 46.6 Å². The van der Waals surface area contributed by atoms with Crippen molar-refractivity contribution < 1.29 is 9.50 Å². The van der Waals surface area contributed by atoms with Crippen molar-refractivity contribution in [3.05, 3.63) is 64.1 Å². The van der Waals surface area contributed by atoms with Gasteiger partial charge < -0.3 is 5.11 Å². The van der Waals surface area contributed by atoms with Gasteiger partial charge >= 0.3 is 0 Å². The molecule has 0 saturated heterocycles. The quantitative estimate of drug-likeness (QED) is 0.942. The molecule has 4 heteroatoms. The third-order valence-electron chi connectivity index (χ3n) is 2.82. The first-order chi connectivity index (χ1) is 8.49. The Labute approximate surface area is 114 Å². The van der Waals surface area contributed by atoms with Crippen LogP contribution in [0.2, 0.25) is 0 Å². The van der Waals surface area contributed by atoms with E-state index in [-0.39, 0.29) is 5.82 Å². The lowest BCUT2D eigenvalue weighted by Gasteiger charge is -2.23. The molecule has 0 bridgehead atoms. The summed E-state index contributed by atoms with van der Waals surface area (Å²) in [7, 11) is 0. The average molecular weight is 310 g/mol. The Hall–Kier alpha value is -1.26. The van der Waals surface area contributed by atoms with Crippen LogP contribution in [-0.2, 0) is 12.0 Å². The van der Waals surface area contributed by atoms with Crippen molar-refractivity contribution in [3.8, 4) is 0 Å². The molecule has 2 aromatic rings. The molecule has 2 nitrogen and oxygen atoms in total. The van der Waals surface area contributed by atoms with Gasteiger partial charge in [0.1, 0.15) is 5.82 Å². The number of aliphatic hydroxyl groups is 1. The highest BCUT2D eigenvalue weighted by Crippen LogP contribution is 2.26. The molecular weight excluding hydrogens is 297 g/mol. The van der Waals surface area contributed by atoms with Gasteiger partial charge in [-0.3, -0.25) is 4.98 Å². The lowest BCUT2D eigenvalue weighted by Crippen LogP contribution is -2.24. The maximum Gasteiger partial charge on any atom is 0.137 e. The molecule has 1 aromatic carbocycles. The van der Waals surface area contributed by atoms with Gasteiger partial charge in [-0.25, -0.2) is 4.39 Å². The lowest BCUT2D eigenvalue weighted by molar-refractivity contribution is 0.0572. The van der Waals surface area contributed by atoms with Gasteiger partial charge in [-0.15, -0.1) is 0 Å². The van der Waals surface area contributed by atoms with E-state index in [4.69, 9.17) is 0 Å². The van der Waals surface area contributed by atoms with Crippen molar-refractivity contribution in [2.45, 2.75) is 18.9 Å². The standard InChI is InChI=1S/C14H13BrFNO/c1-14(18,11-3-2-6-17-9-11)8-10-4-5-13(16)12(15)7-10/h2-7,9,18H,8H2,1H3. The van der Waals surface area contributed by atoms with Crippen LogP contribution in [-0.4, -0.2) is 10.1 Å². The summed E-state index contributed by atoms with van der Waals surface area (Å²) in [6.45, 7) is 1.72. The smallest absolute Gasteiger partial charge is 0.137 e. The Balaban J connectivity index is 2.25. The van der Waals surface area contributed by atoms with E-state index in [1.807, 2.05) is 6.07 Å². The van der Waals surface area contributed by atoms with Gasteiger partial charge in [-0.2, -0.15) is 0 Å². The molecule has 0 fully saturated rings. The molecule has 0 aliphatic heterocycles. The summed E-state index contributed by atoms with van der Waals surface area (Å²) in [5.74, 6) is -0.306. The molecule has 0 aliphatic carbocycles. The summed E-state index contributed by atoms with van der Waals surface area (Å²) in [5, 5.41) is 10.5. The zero-order valence-corrected chi connectivity index (χ0v) is 11.5. The van der Waals surface area contributed by atoms with Gasteiger partial charge in [0.15, 0.2) is 0 Å². The SMILES string of the molecule is CC(O)(Cc1ccc(F)c(Br)c1)c1cccnc1. The van der Waals surface area contributed by atoms with Crippen LogP contribution in [0.5, 0.6) is 0 Å². The second kappa shape index (κ2) is 5.16. The third kappa shape index (κ3) is 2.94. The van der Waals surface area contributed by atoms with E-state index in [0.717, 1.165) is 11.1 Å². The zero-order chi connectivity index (χ0) is 13.2. The van der Waals surface area contributed by atoms with E-state index in [2.05, 4.69) is 20.9 Å². The summed E-state index contributed by atoms with van der Waals surface area (Å²) in [4.78, 5) is 3.99. The molecule has 94 valence electrons. The fourth-order valence-electron chi connectivity index (χ4n) is 1.83. The van der Waals surface area contributed by atoms with Crippen molar-refractivity contribution in [2.24, 2.45) is 0 Å². The van der Waals surface area contributed by atoms with Gasteiger partial charge in [0.2, 0.25) is 0 Å². The van der Waals surface area contributed by atoms with Gasteiger partial charge in [-0.1, -0.05) is 12.1 Å². The highest BCUT2D eigenvalue weighted by atomic mass is 79.9. The summed E-state index contributed by atoms with van der Waals surface area (Å²) < 4.78 is 13.5. The maximum absolute atomic E-state index is 13.1. The average Bonchev–Trinajstić information content (AvgIpc) is 2.35. The van der Waals surface area contributed by atoms with Crippen LogP contribution < -0.4 is 0 Å². The number of pyridine rings is 1. The van der Waals surface area contributed by atoms with Gasteiger partial charge in [0.05, 0.1) is 10.1 Å². The Morgan fingerprint density at radius 1 is 1.39 bits per heavy atom. The van der Waals surface area contributed by atoms with Crippen LogP contribution in [0.4, 0.5) is 4.39 Å². The number of aromatic nitrogens is 1. The number of rotatable bonds is 3. The summed E-state index contributed by atoms with van der Waals surface area (Å²) in [6, 6.07) is 8.35. The zero-order valence-electron chi connectivity index (χ0n) is 9.90. The fraction of sp³-hybridized carbons (Fsp3) is 0.214. The van der Waals surface area contributed by atoms with E-state index >= 15 is 0 Å². The molecule has 0 aliphatic rings. The van der Waals surface area contributed by atoms with Crippen LogP contribution >= 0.6 is 15.9 Å². The Kier molecular flexibility index (Phi) is 3.78. The Morgan fingerprint density at radius 3 is 2.78 bits per heavy atom. The maximum atomic E-state index is 13.1. The molecule has 18 heavy (non-hydrogen) atoms. The monoisotopic (exact) mass is 309 g/mol. The second-order valence-corrected chi connectivity index (χ2v) is 5.30. The molecule has 0 amide bonds. The summed E-state index contributed by atoms with van der Waals surface area (Å²) in [5.41, 5.74) is 0.577. The number of nitrogens with zero attached hydrogens (tertiary/aromatic N) is 1. The van der Waals surface area contributed by atoms with Crippen molar-refractivity contribution in [1.82, 2.24) is 4.98 Å². The molecule has 1 N–H and O–H groups in total. The van der Waals surface area contributed by atoms with E-state index in [1.165, 1.54) is 6.07 Å². The molecule has 0 saturated carbocycles. The van der Waals surface area contributed by atoms with Crippen molar-refractivity contribution in [2.75, 3.05) is 0 Å². The molecule has 2 rings (SSSR count). The number of hydrogen-bond acceptors (Lipinski definition) is 2. The molecule has 1 unspecified atom stereocenters. The predicted octanol–water partition coefficient (Wildman–Crippen LogP) is 3.43. The molecule has 1 aromatic heterocycles. The van der Waals surface area contributed by atoms with Gasteiger partial charge in [0, 0.05) is 24.4 Å². The van der Waals surface area contributed by atoms with Crippen LogP contribution in [0.1, 0.15) is 18.1 Å². The fourth-order valence-corrected chi connectivity index (χ4v) is 2.26. The molecule has 1 atom stereocenters. The normalized spacial score (nSPS) is 14.2. The minimum atomic E-state index is -1.02. The first-order valence-electron chi connectivity index (χ1n) is 5.56. The third-order valence-corrected chi connectivity index (χ3v) is 3.42. The minimum Gasteiger partial charge on any atom is -0.385 e. The van der Waals surface area contributed by atoms with Crippen molar-refractivity contribution in [3.63, 3.8) is 0 Å². The molecule has 1 heterocycles. The van der Waals surface area contributed by atoms with Crippen molar-refractivity contribution >= 4 is 15.9 Å². The van der Waals surface area contributed by atoms with Crippen LogP contribution in [0.3, 0.4) is 0 Å². The van der Waals surface area contributed by atoms with Crippen LogP contribution in [0.25, 0.3) is 0 Å². The lowest BCUT2D eigenvalue weighted by atomic mass is 9.90. The topological polar surface area (TPSA) is 33.1 Å². The first-order valence-corrected chi connectivity index (χ1v) is 6.35. The predicted molar refractivity (Wildman–Crippen MR) is 71.6 cm³/mol. The van der Waals surface area contributed by atoms with Crippen LogP contribution in [0, 0.1) is 5.82 Å². The minimum absolute atomic E-state index is 0.306. The van der Waals surface area contributed by atoms with E-state index in [9.17, 15) is 9.50 Å². The summed E-state index contributed by atoms with van der Waals surface area (Å²) >= 11 is 3.14. The first kappa shape index (κ1) is 13.2. The second-order valence-electron chi connectivity index (χ2n) is 4.44. The van der Waals surface area contributed by atoms with E-state index in [0.29, 0.717) is 10.9 Å². The number of halogens is 2. The van der Waals surface area contributed by atoms with E-state index in [1.54, 1.807) is 37.5 Å².